The number of aliphatic carboxylic acids is 1. The lowest BCUT2D eigenvalue weighted by Gasteiger charge is -2.33. The van der Waals surface area contributed by atoms with Crippen molar-refractivity contribution >= 4 is 34.6 Å². The number of thioether (sulfide) groups is 1. The van der Waals surface area contributed by atoms with E-state index in [2.05, 4.69) is 5.32 Å². The van der Waals surface area contributed by atoms with E-state index in [-0.39, 0.29) is 12.2 Å². The number of amides is 1. The van der Waals surface area contributed by atoms with Gasteiger partial charge in [-0.3, -0.25) is 4.79 Å². The number of ether oxygens (including phenoxy) is 2. The van der Waals surface area contributed by atoms with Crippen LogP contribution in [0.4, 0.5) is 0 Å². The lowest BCUT2D eigenvalue weighted by molar-refractivity contribution is -0.142. The summed E-state index contributed by atoms with van der Waals surface area (Å²) >= 11 is 1.51. The normalized spacial score (nSPS) is 15.6. The molecule has 2 heterocycles. The quantitative estimate of drug-likeness (QED) is 0.591. The van der Waals surface area contributed by atoms with Gasteiger partial charge in [-0.1, -0.05) is 0 Å². The molecule has 9 heteroatoms. The van der Waals surface area contributed by atoms with Crippen LogP contribution >= 0.6 is 11.8 Å². The Bertz CT molecular complexity index is 1060. The predicted molar refractivity (Wildman–Crippen MR) is 118 cm³/mol. The zero-order chi connectivity index (χ0) is 22.8. The summed E-state index contributed by atoms with van der Waals surface area (Å²) in [6.07, 6.45) is 3.63. The molecule has 1 aromatic carbocycles. The van der Waals surface area contributed by atoms with Gasteiger partial charge in [-0.05, 0) is 57.6 Å². The van der Waals surface area contributed by atoms with E-state index in [0.717, 1.165) is 12.0 Å². The van der Waals surface area contributed by atoms with Crippen LogP contribution in [0.15, 0.2) is 21.3 Å². The van der Waals surface area contributed by atoms with E-state index in [0.29, 0.717) is 46.6 Å². The molecular weight excluding hydrogens is 422 g/mol. The van der Waals surface area contributed by atoms with Crippen LogP contribution in [0.2, 0.25) is 0 Å². The zero-order valence-corrected chi connectivity index (χ0v) is 18.9. The summed E-state index contributed by atoms with van der Waals surface area (Å²) in [5.41, 5.74) is 1.01. The average molecular weight is 450 g/mol. The van der Waals surface area contributed by atoms with Crippen molar-refractivity contribution in [3.63, 3.8) is 0 Å². The summed E-state index contributed by atoms with van der Waals surface area (Å²) in [4.78, 5) is 35.7. The van der Waals surface area contributed by atoms with Gasteiger partial charge in [-0.15, -0.1) is 0 Å². The smallest absolute Gasteiger partial charge is 0.336 e. The van der Waals surface area contributed by atoms with Crippen molar-refractivity contribution in [3.05, 3.63) is 33.7 Å². The molecule has 1 aromatic heterocycles. The zero-order valence-electron chi connectivity index (χ0n) is 18.1. The summed E-state index contributed by atoms with van der Waals surface area (Å²) in [6, 6.07) is 2.10. The lowest BCUT2D eigenvalue weighted by atomic mass is 9.92. The van der Waals surface area contributed by atoms with Gasteiger partial charge in [0.1, 0.15) is 28.7 Å². The second-order valence-electron chi connectivity index (χ2n) is 8.19. The fourth-order valence-electron chi connectivity index (χ4n) is 3.61. The third-order valence-corrected chi connectivity index (χ3v) is 5.85. The van der Waals surface area contributed by atoms with E-state index in [9.17, 15) is 19.5 Å². The molecule has 8 nitrogen and oxygen atoms in total. The van der Waals surface area contributed by atoms with Crippen LogP contribution in [-0.2, 0) is 16.0 Å². The molecule has 0 spiro atoms. The molecule has 0 saturated carbocycles. The van der Waals surface area contributed by atoms with Crippen LogP contribution in [0.5, 0.6) is 11.5 Å². The highest BCUT2D eigenvalue weighted by molar-refractivity contribution is 7.98. The van der Waals surface area contributed by atoms with Crippen molar-refractivity contribution in [1.29, 1.82) is 0 Å². The minimum atomic E-state index is -1.09. The Hall–Kier alpha value is -2.68. The third-order valence-electron chi connectivity index (χ3n) is 5.20. The number of hydrogen-bond acceptors (Lipinski definition) is 7. The number of hydrogen-bond donors (Lipinski definition) is 2. The molecule has 0 aliphatic carbocycles. The maximum atomic E-state index is 12.4. The van der Waals surface area contributed by atoms with Crippen molar-refractivity contribution < 1.29 is 28.6 Å². The van der Waals surface area contributed by atoms with Crippen molar-refractivity contribution in [2.75, 3.05) is 18.6 Å². The van der Waals surface area contributed by atoms with Crippen molar-refractivity contribution in [3.8, 4) is 11.5 Å². The van der Waals surface area contributed by atoms with Gasteiger partial charge in [-0.2, -0.15) is 11.8 Å². The van der Waals surface area contributed by atoms with E-state index in [1.165, 1.54) is 17.8 Å². The Balaban J connectivity index is 1.89. The molecule has 1 amide bonds. The van der Waals surface area contributed by atoms with Gasteiger partial charge in [0, 0.05) is 17.7 Å². The minimum Gasteiger partial charge on any atom is -0.487 e. The molecule has 0 fully saturated rings. The van der Waals surface area contributed by atoms with Gasteiger partial charge in [0.2, 0.25) is 0 Å². The molecule has 1 aliphatic rings. The van der Waals surface area contributed by atoms with Crippen molar-refractivity contribution in [2.24, 2.45) is 0 Å². The highest BCUT2D eigenvalue weighted by atomic mass is 32.2. The van der Waals surface area contributed by atoms with E-state index >= 15 is 0 Å². The molecule has 2 N–H and O–H groups in total. The number of fused-ring (bicyclic) bond motifs is 3. The first-order valence-electron chi connectivity index (χ1n) is 10.0. The number of benzene rings is 1. The largest absolute Gasteiger partial charge is 0.487 e. The molecule has 3 rings (SSSR count). The monoisotopic (exact) mass is 449 g/mol. The molecule has 1 atom stereocenters. The Morgan fingerprint density at radius 3 is 2.77 bits per heavy atom. The molecule has 168 valence electrons. The number of carboxylic acids is 1. The van der Waals surface area contributed by atoms with Gasteiger partial charge in [-0.25, -0.2) is 9.59 Å². The fraction of sp³-hybridized carbons (Fsp3) is 0.500. The summed E-state index contributed by atoms with van der Waals surface area (Å²) < 4.78 is 17.3. The van der Waals surface area contributed by atoms with E-state index in [1.807, 2.05) is 20.1 Å². The summed E-state index contributed by atoms with van der Waals surface area (Å²) in [6.45, 7) is 5.34. The number of carbonyl (C=O) groups is 2. The predicted octanol–water partition coefficient (Wildman–Crippen LogP) is 2.91. The highest BCUT2D eigenvalue weighted by Crippen LogP contribution is 2.42. The highest BCUT2D eigenvalue weighted by Gasteiger charge is 2.30. The average Bonchev–Trinajstić information content (AvgIpc) is 2.67. The van der Waals surface area contributed by atoms with Crippen molar-refractivity contribution in [1.82, 2.24) is 5.32 Å². The Labute approximate surface area is 184 Å². The number of aryl methyl sites for hydroxylation is 2. The standard InChI is InChI=1S/C22H27NO7S/c1-12-9-18(25)29-20-13-5-7-22(2,3)30-15(13)10-16(19(12)20)28-11-17(24)23-14(21(26)27)6-8-31-4/h9-10,14H,5-8,11H2,1-4H3,(H,23,24)(H,26,27)/t14-/m1/s1. The SMILES string of the molecule is CSCC[C@@H](NC(=O)COc1cc2c(c3oc(=O)cc(C)c13)CCC(C)(C)O2)C(=O)O. The van der Waals surface area contributed by atoms with Gasteiger partial charge >= 0.3 is 11.6 Å². The summed E-state index contributed by atoms with van der Waals surface area (Å²) in [5, 5.41) is 12.4. The van der Waals surface area contributed by atoms with Gasteiger partial charge in [0.25, 0.3) is 5.91 Å². The van der Waals surface area contributed by atoms with Crippen molar-refractivity contribution in [2.45, 2.75) is 51.7 Å². The first kappa shape index (κ1) is 23.0. The van der Waals surface area contributed by atoms with Crippen LogP contribution in [0, 0.1) is 6.92 Å². The molecule has 1 aliphatic heterocycles. The minimum absolute atomic E-state index is 0.317. The molecule has 0 radical (unpaired) electrons. The molecule has 0 bridgehead atoms. The van der Waals surface area contributed by atoms with Crippen LogP contribution in [0.25, 0.3) is 11.0 Å². The maximum absolute atomic E-state index is 12.4. The van der Waals surface area contributed by atoms with Crippen LogP contribution in [-0.4, -0.2) is 47.2 Å². The van der Waals surface area contributed by atoms with Crippen LogP contribution in [0.3, 0.4) is 0 Å². The van der Waals surface area contributed by atoms with E-state index < -0.39 is 23.5 Å². The Kier molecular flexibility index (Phi) is 6.83. The maximum Gasteiger partial charge on any atom is 0.336 e. The molecule has 2 aromatic rings. The van der Waals surface area contributed by atoms with Gasteiger partial charge < -0.3 is 24.3 Å². The summed E-state index contributed by atoms with van der Waals surface area (Å²) in [5.74, 6) is -0.125. The lowest BCUT2D eigenvalue weighted by Crippen LogP contribution is -2.43. The van der Waals surface area contributed by atoms with E-state index in [4.69, 9.17) is 13.9 Å². The number of carboxylic acid groups (broad SMARTS) is 1. The number of rotatable bonds is 8. The third kappa shape index (κ3) is 5.33. The van der Waals surface area contributed by atoms with Crippen LogP contribution < -0.4 is 20.4 Å². The van der Waals surface area contributed by atoms with E-state index in [1.54, 1.807) is 13.0 Å². The van der Waals surface area contributed by atoms with Gasteiger partial charge in [0.15, 0.2) is 6.61 Å². The Morgan fingerprint density at radius 2 is 2.10 bits per heavy atom. The van der Waals surface area contributed by atoms with Crippen LogP contribution in [0.1, 0.15) is 37.8 Å². The molecule has 31 heavy (non-hydrogen) atoms. The second kappa shape index (κ2) is 9.21. The molecule has 0 saturated heterocycles. The molecule has 0 unspecified atom stereocenters. The van der Waals surface area contributed by atoms with Gasteiger partial charge in [0.05, 0.1) is 5.39 Å². The number of carbonyl (C=O) groups excluding carboxylic acids is 1. The Morgan fingerprint density at radius 1 is 1.35 bits per heavy atom. The molecular formula is C22H27NO7S. The number of nitrogens with one attached hydrogen (secondary N) is 1. The topological polar surface area (TPSA) is 115 Å². The first-order valence-corrected chi connectivity index (χ1v) is 11.4. The fourth-order valence-corrected chi connectivity index (χ4v) is 4.08. The second-order valence-corrected chi connectivity index (χ2v) is 9.18. The first-order chi connectivity index (χ1) is 14.6. The summed E-state index contributed by atoms with van der Waals surface area (Å²) in [7, 11) is 0.